The highest BCUT2D eigenvalue weighted by atomic mass is 16.5. The lowest BCUT2D eigenvalue weighted by molar-refractivity contribution is 0.0950. The lowest BCUT2D eigenvalue weighted by Crippen LogP contribution is -2.18. The van der Waals surface area contributed by atoms with Crippen LogP contribution in [-0.4, -0.2) is 40.6 Å². The second kappa shape index (κ2) is 13.8. The van der Waals surface area contributed by atoms with E-state index in [-0.39, 0.29) is 5.75 Å². The van der Waals surface area contributed by atoms with Crippen LogP contribution in [0.5, 0.6) is 17.2 Å². The number of aromatic nitrogens is 2. The van der Waals surface area contributed by atoms with Gasteiger partial charge in [-0.25, -0.2) is 5.43 Å². The molecule has 0 aliphatic rings. The summed E-state index contributed by atoms with van der Waals surface area (Å²) in [5.41, 5.74) is 4.97. The van der Waals surface area contributed by atoms with E-state index in [4.69, 9.17) is 9.47 Å². The summed E-state index contributed by atoms with van der Waals surface area (Å²) >= 11 is 0. The molecular weight excluding hydrogens is 444 g/mol. The SMILES string of the molecule is CCCCCCCCOc1ccc(-c2cc(C(=O)N/N=C/c3ccc(O)c(OCC)c3)[nH]n2)cc1. The molecule has 8 heteroatoms. The first-order valence-corrected chi connectivity index (χ1v) is 12.2. The van der Waals surface area contributed by atoms with Gasteiger partial charge in [0.05, 0.1) is 25.1 Å². The van der Waals surface area contributed by atoms with Crippen molar-refractivity contribution < 1.29 is 19.4 Å². The first-order valence-electron chi connectivity index (χ1n) is 12.2. The molecule has 0 spiro atoms. The maximum atomic E-state index is 12.4. The number of nitrogens with zero attached hydrogens (tertiary/aromatic N) is 2. The molecule has 8 nitrogen and oxygen atoms in total. The molecule has 2 aromatic carbocycles. The normalized spacial score (nSPS) is 11.0. The number of aromatic hydroxyl groups is 1. The molecule has 3 aromatic rings. The molecular formula is C27H34N4O4. The Bertz CT molecular complexity index is 1090. The van der Waals surface area contributed by atoms with Gasteiger partial charge in [-0.2, -0.15) is 10.2 Å². The number of hydrogen-bond acceptors (Lipinski definition) is 6. The number of unbranched alkanes of at least 4 members (excludes halogenated alkanes) is 5. The number of amides is 1. The Morgan fingerprint density at radius 2 is 1.80 bits per heavy atom. The van der Waals surface area contributed by atoms with Crippen LogP contribution in [0.25, 0.3) is 11.3 Å². The maximum absolute atomic E-state index is 12.4. The van der Waals surface area contributed by atoms with E-state index < -0.39 is 5.91 Å². The summed E-state index contributed by atoms with van der Waals surface area (Å²) in [6.45, 7) is 5.20. The minimum atomic E-state index is -0.414. The molecule has 1 aromatic heterocycles. The summed E-state index contributed by atoms with van der Waals surface area (Å²) in [7, 11) is 0. The molecule has 1 heterocycles. The molecule has 0 saturated carbocycles. The Hall–Kier alpha value is -3.81. The van der Waals surface area contributed by atoms with Gasteiger partial charge in [0, 0.05) is 5.56 Å². The number of benzene rings is 2. The quantitative estimate of drug-likeness (QED) is 0.157. The first kappa shape index (κ1) is 25.8. The van der Waals surface area contributed by atoms with Crippen LogP contribution in [-0.2, 0) is 0 Å². The Labute approximate surface area is 206 Å². The van der Waals surface area contributed by atoms with Gasteiger partial charge in [-0.1, -0.05) is 39.0 Å². The number of phenols is 1. The molecule has 0 atom stereocenters. The predicted molar refractivity (Wildman–Crippen MR) is 137 cm³/mol. The predicted octanol–water partition coefficient (Wildman–Crippen LogP) is 5.68. The minimum Gasteiger partial charge on any atom is -0.504 e. The van der Waals surface area contributed by atoms with Crippen molar-refractivity contribution in [1.82, 2.24) is 15.6 Å². The highest BCUT2D eigenvalue weighted by Gasteiger charge is 2.11. The number of aromatic amines is 1. The molecule has 3 rings (SSSR count). The average Bonchev–Trinajstić information content (AvgIpc) is 3.36. The standard InChI is InChI=1S/C27H34N4O4/c1-3-5-6-7-8-9-16-35-22-13-11-21(12-14-22)23-18-24(30-29-23)27(33)31-28-19-20-10-15-25(32)26(17-20)34-4-2/h10-15,17-19,32H,3-9,16H2,1-2H3,(H,29,30)(H,31,33)/b28-19+. The van der Waals surface area contributed by atoms with Crippen LogP contribution in [0.1, 0.15) is 68.4 Å². The topological polar surface area (TPSA) is 109 Å². The monoisotopic (exact) mass is 478 g/mol. The van der Waals surface area contributed by atoms with Crippen molar-refractivity contribution >= 4 is 12.1 Å². The Kier molecular flexibility index (Phi) is 10.2. The van der Waals surface area contributed by atoms with Gasteiger partial charge >= 0.3 is 0 Å². The third kappa shape index (κ3) is 8.17. The van der Waals surface area contributed by atoms with Crippen molar-refractivity contribution in [1.29, 1.82) is 0 Å². The van der Waals surface area contributed by atoms with Crippen LogP contribution in [0, 0.1) is 0 Å². The fraction of sp³-hybridized carbons (Fsp3) is 0.370. The van der Waals surface area contributed by atoms with Crippen molar-refractivity contribution in [2.45, 2.75) is 52.4 Å². The largest absolute Gasteiger partial charge is 0.504 e. The van der Waals surface area contributed by atoms with Crippen LogP contribution in [0.4, 0.5) is 0 Å². The number of H-pyrrole nitrogens is 1. The third-order valence-corrected chi connectivity index (χ3v) is 5.40. The van der Waals surface area contributed by atoms with Crippen LogP contribution in [0.2, 0.25) is 0 Å². The summed E-state index contributed by atoms with van der Waals surface area (Å²) in [4.78, 5) is 12.4. The second-order valence-electron chi connectivity index (χ2n) is 8.17. The zero-order valence-corrected chi connectivity index (χ0v) is 20.4. The van der Waals surface area contributed by atoms with Crippen molar-refractivity contribution in [2.75, 3.05) is 13.2 Å². The lowest BCUT2D eigenvalue weighted by atomic mass is 10.1. The van der Waals surface area contributed by atoms with Crippen molar-refractivity contribution in [3.63, 3.8) is 0 Å². The Morgan fingerprint density at radius 1 is 1.03 bits per heavy atom. The molecule has 186 valence electrons. The van der Waals surface area contributed by atoms with Gasteiger partial charge < -0.3 is 14.6 Å². The molecule has 0 bridgehead atoms. The van der Waals surface area contributed by atoms with Crippen LogP contribution in [0.15, 0.2) is 53.6 Å². The minimum absolute atomic E-state index is 0.0513. The fourth-order valence-corrected chi connectivity index (χ4v) is 3.49. The molecule has 0 aliphatic carbocycles. The van der Waals surface area contributed by atoms with Gasteiger partial charge in [-0.15, -0.1) is 0 Å². The Morgan fingerprint density at radius 3 is 2.57 bits per heavy atom. The molecule has 0 saturated heterocycles. The second-order valence-corrected chi connectivity index (χ2v) is 8.17. The number of hydrazone groups is 1. The Balaban J connectivity index is 1.48. The number of ether oxygens (including phenoxy) is 2. The molecule has 0 radical (unpaired) electrons. The van der Waals surface area contributed by atoms with Gasteiger partial charge in [0.15, 0.2) is 11.5 Å². The van der Waals surface area contributed by atoms with Gasteiger partial charge in [0.1, 0.15) is 11.4 Å². The molecule has 35 heavy (non-hydrogen) atoms. The number of carbonyl (C=O) groups is 1. The van der Waals surface area contributed by atoms with E-state index in [1.807, 2.05) is 31.2 Å². The number of phenolic OH excluding ortho intramolecular Hbond substituents is 1. The summed E-state index contributed by atoms with van der Waals surface area (Å²) in [5, 5.41) is 20.7. The van der Waals surface area contributed by atoms with Crippen molar-refractivity contribution in [3.05, 3.63) is 59.8 Å². The zero-order valence-electron chi connectivity index (χ0n) is 20.4. The third-order valence-electron chi connectivity index (χ3n) is 5.40. The number of carbonyl (C=O) groups excluding carboxylic acids is 1. The van der Waals surface area contributed by atoms with E-state index in [0.29, 0.717) is 29.3 Å². The summed E-state index contributed by atoms with van der Waals surface area (Å²) in [6.07, 6.45) is 8.87. The number of rotatable bonds is 14. The smallest absolute Gasteiger partial charge is 0.289 e. The van der Waals surface area contributed by atoms with Gasteiger partial charge in [-0.05, 0) is 67.4 Å². The van der Waals surface area contributed by atoms with Crippen LogP contribution in [0.3, 0.4) is 0 Å². The van der Waals surface area contributed by atoms with Crippen molar-refractivity contribution in [3.8, 4) is 28.5 Å². The highest BCUT2D eigenvalue weighted by Crippen LogP contribution is 2.26. The van der Waals surface area contributed by atoms with E-state index in [0.717, 1.165) is 24.3 Å². The molecule has 3 N–H and O–H groups in total. The number of hydrogen-bond donors (Lipinski definition) is 3. The molecule has 0 fully saturated rings. The average molecular weight is 479 g/mol. The van der Waals surface area contributed by atoms with Gasteiger partial charge in [-0.3, -0.25) is 9.89 Å². The summed E-state index contributed by atoms with van der Waals surface area (Å²) in [5.74, 6) is 0.824. The van der Waals surface area contributed by atoms with Gasteiger partial charge in [0.25, 0.3) is 5.91 Å². The molecule has 0 unspecified atom stereocenters. The van der Waals surface area contributed by atoms with Crippen molar-refractivity contribution in [2.24, 2.45) is 5.10 Å². The summed E-state index contributed by atoms with van der Waals surface area (Å²) in [6, 6.07) is 14.2. The lowest BCUT2D eigenvalue weighted by Gasteiger charge is -2.06. The number of nitrogens with one attached hydrogen (secondary N) is 2. The van der Waals surface area contributed by atoms with E-state index >= 15 is 0 Å². The van der Waals surface area contributed by atoms with E-state index in [1.54, 1.807) is 18.2 Å². The van der Waals surface area contributed by atoms with E-state index in [9.17, 15) is 9.90 Å². The van der Waals surface area contributed by atoms with Gasteiger partial charge in [0.2, 0.25) is 0 Å². The highest BCUT2D eigenvalue weighted by molar-refractivity contribution is 5.94. The zero-order chi connectivity index (χ0) is 24.9. The molecule has 1 amide bonds. The van der Waals surface area contributed by atoms with Crippen LogP contribution < -0.4 is 14.9 Å². The van der Waals surface area contributed by atoms with Crippen LogP contribution >= 0.6 is 0 Å². The van der Waals surface area contributed by atoms with E-state index in [1.165, 1.54) is 44.4 Å². The summed E-state index contributed by atoms with van der Waals surface area (Å²) < 4.78 is 11.2. The fourth-order valence-electron chi connectivity index (χ4n) is 3.49. The van der Waals surface area contributed by atoms with E-state index in [2.05, 4.69) is 27.6 Å². The first-order chi connectivity index (χ1) is 17.1. The molecule has 0 aliphatic heterocycles. The maximum Gasteiger partial charge on any atom is 0.289 e.